The molecule has 3 rings (SSSR count). The van der Waals surface area contributed by atoms with E-state index >= 15 is 0 Å². The number of piperidine rings is 1. The first-order valence-corrected chi connectivity index (χ1v) is 8.04. The maximum Gasteiger partial charge on any atom is 0.408 e. The fourth-order valence-corrected chi connectivity index (χ4v) is 4.32. The minimum atomic E-state index is -4.53. The van der Waals surface area contributed by atoms with Crippen molar-refractivity contribution in [2.75, 3.05) is 13.1 Å². The Morgan fingerprint density at radius 3 is 2.50 bits per heavy atom. The molecule has 3 fully saturated rings. The Kier molecular flexibility index (Phi) is 4.00. The number of rotatable bonds is 2. The van der Waals surface area contributed by atoms with Crippen LogP contribution in [-0.4, -0.2) is 53.1 Å². The van der Waals surface area contributed by atoms with E-state index in [1.165, 1.54) is 4.90 Å². The second-order valence-electron chi connectivity index (χ2n) is 7.00. The van der Waals surface area contributed by atoms with Gasteiger partial charge in [-0.3, -0.25) is 14.4 Å². The quantitative estimate of drug-likeness (QED) is 0.733. The van der Waals surface area contributed by atoms with E-state index < -0.39 is 41.3 Å². The van der Waals surface area contributed by atoms with E-state index in [1.54, 1.807) is 0 Å². The van der Waals surface area contributed by atoms with Crippen LogP contribution in [0.1, 0.15) is 32.1 Å². The number of nitrogens with one attached hydrogen (secondary N) is 1. The maximum absolute atomic E-state index is 12.7. The van der Waals surface area contributed by atoms with E-state index in [0.29, 0.717) is 12.8 Å². The van der Waals surface area contributed by atoms with Crippen LogP contribution in [0.15, 0.2) is 0 Å². The van der Waals surface area contributed by atoms with Crippen molar-refractivity contribution in [3.63, 3.8) is 0 Å². The highest BCUT2D eigenvalue weighted by Gasteiger charge is 2.57. The van der Waals surface area contributed by atoms with Crippen molar-refractivity contribution in [3.8, 4) is 0 Å². The molecule has 2 saturated heterocycles. The molecule has 0 radical (unpaired) electrons. The van der Waals surface area contributed by atoms with E-state index in [9.17, 15) is 32.7 Å². The molecule has 2 amide bonds. The predicted molar refractivity (Wildman–Crippen MR) is 74.7 cm³/mol. The number of alkyl halides is 3. The minimum Gasteiger partial charge on any atom is -0.481 e. The molecule has 0 aromatic carbocycles. The van der Waals surface area contributed by atoms with E-state index in [0.717, 1.165) is 6.42 Å². The van der Waals surface area contributed by atoms with E-state index in [4.69, 9.17) is 0 Å². The Hall–Kier alpha value is -1.80. The molecule has 4 atom stereocenters. The highest BCUT2D eigenvalue weighted by Crippen LogP contribution is 2.49. The van der Waals surface area contributed by atoms with Gasteiger partial charge in [-0.05, 0) is 31.6 Å². The number of fused-ring (bicyclic) bond motifs is 1. The molecular formula is C15H19F3N2O4. The predicted octanol–water partition coefficient (Wildman–Crippen LogP) is 1.16. The number of hydrogen-bond donors (Lipinski definition) is 2. The zero-order valence-electron chi connectivity index (χ0n) is 12.9. The molecule has 134 valence electrons. The first kappa shape index (κ1) is 17.0. The molecule has 24 heavy (non-hydrogen) atoms. The van der Waals surface area contributed by atoms with Crippen LogP contribution in [0.2, 0.25) is 0 Å². The van der Waals surface area contributed by atoms with Crippen LogP contribution >= 0.6 is 0 Å². The zero-order valence-corrected chi connectivity index (χ0v) is 12.9. The fraction of sp³-hybridized carbons (Fsp3) is 0.800. The van der Waals surface area contributed by atoms with Gasteiger partial charge in [0.1, 0.15) is 12.0 Å². The van der Waals surface area contributed by atoms with Crippen molar-refractivity contribution in [2.24, 2.45) is 17.3 Å². The zero-order chi connectivity index (χ0) is 17.7. The summed E-state index contributed by atoms with van der Waals surface area (Å²) in [6.45, 7) is 0.302. The molecule has 3 aliphatic rings. The Labute approximate surface area is 136 Å². The topological polar surface area (TPSA) is 86.7 Å². The van der Waals surface area contributed by atoms with Crippen molar-refractivity contribution < 1.29 is 32.7 Å². The summed E-state index contributed by atoms with van der Waals surface area (Å²) in [5.41, 5.74) is -0.963. The lowest BCUT2D eigenvalue weighted by molar-refractivity contribution is -0.172. The van der Waals surface area contributed by atoms with Gasteiger partial charge in [0.2, 0.25) is 11.8 Å². The Balaban J connectivity index is 1.68. The number of carbonyl (C=O) groups is 3. The molecule has 0 bridgehead atoms. The van der Waals surface area contributed by atoms with Crippen LogP contribution < -0.4 is 5.32 Å². The third-order valence-corrected chi connectivity index (χ3v) is 5.68. The number of halogens is 3. The standard InChI is InChI=1S/C15H19F3N2O4/c16-15(17,18)10-4-3-9(11(21)19-10)12(22)20-6-8-2-1-5-14(8,7-20)13(23)24/h8-10H,1-7H2,(H,19,21)(H,23,24)/t8-,9?,10?,14+/m0/s1. The summed E-state index contributed by atoms with van der Waals surface area (Å²) in [4.78, 5) is 37.5. The van der Waals surface area contributed by atoms with Gasteiger partial charge in [-0.1, -0.05) is 6.42 Å². The number of carboxylic acids is 1. The Morgan fingerprint density at radius 1 is 1.25 bits per heavy atom. The highest BCUT2D eigenvalue weighted by molar-refractivity contribution is 6.01. The van der Waals surface area contributed by atoms with Gasteiger partial charge in [-0.2, -0.15) is 13.2 Å². The summed E-state index contributed by atoms with van der Waals surface area (Å²) in [5, 5.41) is 11.4. The molecule has 1 aliphatic carbocycles. The lowest BCUT2D eigenvalue weighted by Gasteiger charge is -2.32. The molecule has 9 heteroatoms. The fourth-order valence-electron chi connectivity index (χ4n) is 4.32. The second kappa shape index (κ2) is 5.63. The van der Waals surface area contributed by atoms with E-state index in [-0.39, 0.29) is 31.8 Å². The van der Waals surface area contributed by atoms with Crippen LogP contribution in [0, 0.1) is 17.3 Å². The molecule has 0 aromatic heterocycles. The number of hydrogen-bond acceptors (Lipinski definition) is 3. The molecule has 2 heterocycles. The van der Waals surface area contributed by atoms with Gasteiger partial charge in [-0.25, -0.2) is 0 Å². The highest BCUT2D eigenvalue weighted by atomic mass is 19.4. The lowest BCUT2D eigenvalue weighted by Crippen LogP contribution is -2.55. The number of carboxylic acid groups (broad SMARTS) is 1. The summed E-state index contributed by atoms with van der Waals surface area (Å²) < 4.78 is 38.0. The Morgan fingerprint density at radius 2 is 1.96 bits per heavy atom. The maximum atomic E-state index is 12.7. The molecule has 2 unspecified atom stereocenters. The first-order chi connectivity index (χ1) is 11.1. The minimum absolute atomic E-state index is 0.0400. The van der Waals surface area contributed by atoms with Crippen molar-refractivity contribution >= 4 is 17.8 Å². The normalized spacial score (nSPS) is 36.4. The summed E-state index contributed by atoms with van der Waals surface area (Å²) in [7, 11) is 0. The smallest absolute Gasteiger partial charge is 0.408 e. The summed E-state index contributed by atoms with van der Waals surface area (Å²) in [6.07, 6.45) is -3.05. The van der Waals surface area contributed by atoms with Crippen molar-refractivity contribution in [1.29, 1.82) is 0 Å². The largest absolute Gasteiger partial charge is 0.481 e. The van der Waals surface area contributed by atoms with Crippen molar-refractivity contribution in [2.45, 2.75) is 44.3 Å². The summed E-state index contributed by atoms with van der Waals surface area (Å²) in [6, 6.07) is -1.92. The molecule has 1 saturated carbocycles. The van der Waals surface area contributed by atoms with Gasteiger partial charge < -0.3 is 15.3 Å². The monoisotopic (exact) mass is 348 g/mol. The van der Waals surface area contributed by atoms with Crippen LogP contribution in [0.25, 0.3) is 0 Å². The molecule has 2 aliphatic heterocycles. The van der Waals surface area contributed by atoms with Crippen molar-refractivity contribution in [3.05, 3.63) is 0 Å². The summed E-state index contributed by atoms with van der Waals surface area (Å²) >= 11 is 0. The third-order valence-electron chi connectivity index (χ3n) is 5.68. The van der Waals surface area contributed by atoms with Gasteiger partial charge in [-0.15, -0.1) is 0 Å². The van der Waals surface area contributed by atoms with Gasteiger partial charge in [0.15, 0.2) is 0 Å². The van der Waals surface area contributed by atoms with Crippen molar-refractivity contribution in [1.82, 2.24) is 10.2 Å². The van der Waals surface area contributed by atoms with E-state index in [2.05, 4.69) is 0 Å². The molecule has 0 aromatic rings. The van der Waals surface area contributed by atoms with Gasteiger partial charge in [0.25, 0.3) is 0 Å². The Bertz CT molecular complexity index is 580. The van der Waals surface area contributed by atoms with E-state index in [1.807, 2.05) is 5.32 Å². The molecular weight excluding hydrogens is 329 g/mol. The third kappa shape index (κ3) is 2.63. The van der Waals surface area contributed by atoms with Gasteiger partial charge >= 0.3 is 12.1 Å². The number of likely N-dealkylation sites (tertiary alicyclic amines) is 1. The number of nitrogens with zero attached hydrogens (tertiary/aromatic N) is 1. The lowest BCUT2D eigenvalue weighted by atomic mass is 9.81. The average molecular weight is 348 g/mol. The molecule has 0 spiro atoms. The molecule has 2 N–H and O–H groups in total. The van der Waals surface area contributed by atoms with Gasteiger partial charge in [0, 0.05) is 13.1 Å². The molecule has 6 nitrogen and oxygen atoms in total. The average Bonchev–Trinajstić information content (AvgIpc) is 3.03. The van der Waals surface area contributed by atoms with Gasteiger partial charge in [0.05, 0.1) is 5.41 Å². The first-order valence-electron chi connectivity index (χ1n) is 8.04. The van der Waals surface area contributed by atoms with Crippen LogP contribution in [0.3, 0.4) is 0 Å². The SMILES string of the molecule is O=C1NC(C(F)(F)F)CCC1C(=O)N1C[C@@H]2CCC[C@@]2(C(=O)O)C1. The number of amides is 2. The number of aliphatic carboxylic acids is 1. The van der Waals surface area contributed by atoms with Crippen LogP contribution in [-0.2, 0) is 14.4 Å². The second-order valence-corrected chi connectivity index (χ2v) is 7.00. The van der Waals surface area contributed by atoms with Crippen LogP contribution in [0.5, 0.6) is 0 Å². The number of carbonyl (C=O) groups excluding carboxylic acids is 2. The van der Waals surface area contributed by atoms with Crippen LogP contribution in [0.4, 0.5) is 13.2 Å². The summed E-state index contributed by atoms with van der Waals surface area (Å²) in [5.74, 6) is -3.72.